The molecular formula is C7H15O4P. The molecule has 1 saturated heterocycles. The predicted molar refractivity (Wildman–Crippen MR) is 45.4 cm³/mol. The van der Waals surface area contributed by atoms with E-state index in [1.54, 1.807) is 20.4 Å². The molecule has 0 amide bonds. The van der Waals surface area contributed by atoms with Crippen molar-refractivity contribution in [3.63, 3.8) is 0 Å². The van der Waals surface area contributed by atoms with Crippen molar-refractivity contribution in [2.45, 2.75) is 25.4 Å². The van der Waals surface area contributed by atoms with E-state index >= 15 is 0 Å². The Bertz CT molecular complexity index is 188. The van der Waals surface area contributed by atoms with Crippen LogP contribution >= 0.6 is 7.37 Å². The zero-order valence-corrected chi connectivity index (χ0v) is 8.54. The highest BCUT2D eigenvalue weighted by Crippen LogP contribution is 2.41. The van der Waals surface area contributed by atoms with Gasteiger partial charge in [-0.3, -0.25) is 9.09 Å². The number of hydrogen-bond acceptors (Lipinski definition) is 4. The van der Waals surface area contributed by atoms with E-state index in [1.807, 2.05) is 0 Å². The van der Waals surface area contributed by atoms with Crippen LogP contribution in [0.1, 0.15) is 12.8 Å². The fraction of sp³-hybridized carbons (Fsp3) is 1.00. The Morgan fingerprint density at radius 2 is 1.92 bits per heavy atom. The van der Waals surface area contributed by atoms with E-state index in [-0.39, 0.29) is 12.6 Å². The van der Waals surface area contributed by atoms with Crippen LogP contribution in [-0.4, -0.2) is 33.0 Å². The SMILES string of the molecule is COC1CCC(OP(C)(C)=O)O1. The Hall–Kier alpha value is 0.110. The van der Waals surface area contributed by atoms with Gasteiger partial charge in [-0.2, -0.15) is 0 Å². The van der Waals surface area contributed by atoms with Gasteiger partial charge in [0.05, 0.1) is 0 Å². The van der Waals surface area contributed by atoms with Crippen LogP contribution < -0.4 is 0 Å². The van der Waals surface area contributed by atoms with Gasteiger partial charge in [0.15, 0.2) is 19.9 Å². The van der Waals surface area contributed by atoms with E-state index in [4.69, 9.17) is 14.0 Å². The van der Waals surface area contributed by atoms with Crippen LogP contribution in [0, 0.1) is 0 Å². The second-order valence-electron chi connectivity index (χ2n) is 3.17. The first-order valence-electron chi connectivity index (χ1n) is 3.93. The van der Waals surface area contributed by atoms with Crippen LogP contribution in [0.25, 0.3) is 0 Å². The standard InChI is InChI=1S/C7H15O4P/c1-9-6-4-5-7(10-6)11-12(2,3)8/h6-7H,4-5H2,1-3H3. The molecule has 0 aromatic carbocycles. The molecule has 1 rings (SSSR count). The van der Waals surface area contributed by atoms with E-state index in [0.29, 0.717) is 0 Å². The molecule has 0 aromatic heterocycles. The Labute approximate surface area is 72.6 Å². The van der Waals surface area contributed by atoms with Crippen LogP contribution in [0.15, 0.2) is 0 Å². The molecule has 1 aliphatic rings. The Kier molecular flexibility index (Phi) is 3.29. The van der Waals surface area contributed by atoms with Crippen LogP contribution in [0.5, 0.6) is 0 Å². The van der Waals surface area contributed by atoms with E-state index in [2.05, 4.69) is 0 Å². The van der Waals surface area contributed by atoms with E-state index in [9.17, 15) is 4.57 Å². The molecule has 1 heterocycles. The zero-order chi connectivity index (χ0) is 9.19. The van der Waals surface area contributed by atoms with E-state index in [0.717, 1.165) is 12.8 Å². The van der Waals surface area contributed by atoms with Crippen LogP contribution in [-0.2, 0) is 18.6 Å². The highest BCUT2D eigenvalue weighted by molar-refractivity contribution is 7.57. The minimum Gasteiger partial charge on any atom is -0.356 e. The maximum Gasteiger partial charge on any atom is 0.199 e. The zero-order valence-electron chi connectivity index (χ0n) is 7.65. The molecule has 0 radical (unpaired) electrons. The average Bonchev–Trinajstić information content (AvgIpc) is 2.32. The number of ether oxygens (including phenoxy) is 2. The first-order chi connectivity index (χ1) is 5.51. The van der Waals surface area contributed by atoms with Crippen LogP contribution in [0.3, 0.4) is 0 Å². The molecule has 1 fully saturated rings. The quantitative estimate of drug-likeness (QED) is 0.641. The first kappa shape index (κ1) is 10.2. The second kappa shape index (κ2) is 3.88. The molecule has 2 atom stereocenters. The Balaban J connectivity index is 2.33. The number of hydrogen-bond donors (Lipinski definition) is 0. The Morgan fingerprint density at radius 1 is 1.33 bits per heavy atom. The largest absolute Gasteiger partial charge is 0.356 e. The van der Waals surface area contributed by atoms with E-state index < -0.39 is 7.37 Å². The summed E-state index contributed by atoms with van der Waals surface area (Å²) in [6.07, 6.45) is 1.02. The van der Waals surface area contributed by atoms with Gasteiger partial charge in [-0.25, -0.2) is 0 Å². The minimum absolute atomic E-state index is 0.193. The van der Waals surface area contributed by atoms with Crippen molar-refractivity contribution in [2.75, 3.05) is 20.4 Å². The summed E-state index contributed by atoms with van der Waals surface area (Å²) in [5, 5.41) is 0. The van der Waals surface area contributed by atoms with Gasteiger partial charge in [0.2, 0.25) is 0 Å². The summed E-state index contributed by atoms with van der Waals surface area (Å²) in [6, 6.07) is 0. The molecule has 0 saturated carbocycles. The third-order valence-corrected chi connectivity index (χ3v) is 2.32. The van der Waals surface area contributed by atoms with Gasteiger partial charge in [0, 0.05) is 33.3 Å². The summed E-state index contributed by atoms with van der Waals surface area (Å²) in [4.78, 5) is 0. The van der Waals surface area contributed by atoms with Gasteiger partial charge in [0.25, 0.3) is 0 Å². The monoisotopic (exact) mass is 194 g/mol. The predicted octanol–water partition coefficient (Wildman–Crippen LogP) is 1.65. The summed E-state index contributed by atoms with van der Waals surface area (Å²) in [5.41, 5.74) is 0. The lowest BCUT2D eigenvalue weighted by Crippen LogP contribution is -2.14. The van der Waals surface area contributed by atoms with Crippen molar-refractivity contribution < 1.29 is 18.6 Å². The van der Waals surface area contributed by atoms with Crippen molar-refractivity contribution in [1.29, 1.82) is 0 Å². The van der Waals surface area contributed by atoms with E-state index in [1.165, 1.54) is 0 Å². The van der Waals surface area contributed by atoms with Gasteiger partial charge in [-0.15, -0.1) is 0 Å². The molecule has 0 aliphatic carbocycles. The first-order valence-corrected chi connectivity index (χ1v) is 6.45. The number of rotatable bonds is 3. The van der Waals surface area contributed by atoms with Crippen molar-refractivity contribution in [2.24, 2.45) is 0 Å². The molecular weight excluding hydrogens is 179 g/mol. The van der Waals surface area contributed by atoms with Crippen LogP contribution in [0.4, 0.5) is 0 Å². The summed E-state index contributed by atoms with van der Waals surface area (Å²) < 4.78 is 26.6. The summed E-state index contributed by atoms with van der Waals surface area (Å²) in [7, 11) is -0.845. The maximum absolute atomic E-state index is 11.2. The number of methoxy groups -OCH3 is 1. The molecule has 2 unspecified atom stereocenters. The smallest absolute Gasteiger partial charge is 0.199 e. The molecule has 0 aromatic rings. The highest BCUT2D eigenvalue weighted by Gasteiger charge is 2.28. The van der Waals surface area contributed by atoms with Crippen molar-refractivity contribution >= 4 is 7.37 Å². The molecule has 0 bridgehead atoms. The fourth-order valence-electron chi connectivity index (χ4n) is 1.11. The minimum atomic E-state index is -2.43. The Morgan fingerprint density at radius 3 is 2.33 bits per heavy atom. The maximum atomic E-state index is 11.2. The molecule has 4 nitrogen and oxygen atoms in total. The topological polar surface area (TPSA) is 44.8 Å². The third kappa shape index (κ3) is 3.23. The molecule has 72 valence electrons. The summed E-state index contributed by atoms with van der Waals surface area (Å²) in [6.45, 7) is 3.16. The molecule has 1 aliphatic heterocycles. The lowest BCUT2D eigenvalue weighted by Gasteiger charge is -2.15. The van der Waals surface area contributed by atoms with Gasteiger partial charge in [-0.05, 0) is 0 Å². The third-order valence-electron chi connectivity index (χ3n) is 1.58. The van der Waals surface area contributed by atoms with Crippen molar-refractivity contribution in [3.05, 3.63) is 0 Å². The average molecular weight is 194 g/mol. The second-order valence-corrected chi connectivity index (χ2v) is 5.88. The van der Waals surface area contributed by atoms with Crippen molar-refractivity contribution in [3.8, 4) is 0 Å². The summed E-state index contributed by atoms with van der Waals surface area (Å²) >= 11 is 0. The lowest BCUT2D eigenvalue weighted by atomic mass is 10.3. The van der Waals surface area contributed by atoms with Gasteiger partial charge < -0.3 is 9.47 Å². The normalized spacial score (nSPS) is 30.9. The van der Waals surface area contributed by atoms with Gasteiger partial charge >= 0.3 is 0 Å². The lowest BCUT2D eigenvalue weighted by molar-refractivity contribution is -0.163. The molecule has 0 spiro atoms. The highest BCUT2D eigenvalue weighted by atomic mass is 31.2. The molecule has 12 heavy (non-hydrogen) atoms. The van der Waals surface area contributed by atoms with Crippen molar-refractivity contribution in [1.82, 2.24) is 0 Å². The fourth-order valence-corrected chi connectivity index (χ4v) is 1.83. The molecule has 0 N–H and O–H groups in total. The molecule has 5 heteroatoms. The van der Waals surface area contributed by atoms with Gasteiger partial charge in [-0.1, -0.05) is 0 Å². The summed E-state index contributed by atoms with van der Waals surface area (Å²) in [5.74, 6) is 0. The van der Waals surface area contributed by atoms with Gasteiger partial charge in [0.1, 0.15) is 0 Å². The van der Waals surface area contributed by atoms with Crippen LogP contribution in [0.2, 0.25) is 0 Å².